The molecule has 4 rings (SSSR count). The predicted octanol–water partition coefficient (Wildman–Crippen LogP) is 3.87. The standard InChI is InChI=1S/C28H30F2N2O4S.ClH/c1-2-18-4-3-5-19(8-18)14-31-15-27(33)26(11-20-9-24(29)13-25(30)10-20)32-28(34)21-6-7-22-16-37(35,36)17-23(22)12-21;/h3-10,12-13,26-27,31,33H,2,11,14-17H2,1H3,(H,32,34);1H/t26-,27+;/m0./s1. The summed E-state index contributed by atoms with van der Waals surface area (Å²) < 4.78 is 51.5. The lowest BCUT2D eigenvalue weighted by molar-refractivity contribution is 0.0829. The molecule has 0 radical (unpaired) electrons. The average Bonchev–Trinajstić information content (AvgIpc) is 3.16. The Kier molecular flexibility index (Phi) is 10.0. The Morgan fingerprint density at radius 2 is 1.63 bits per heavy atom. The molecule has 0 saturated heterocycles. The van der Waals surface area contributed by atoms with Gasteiger partial charge in [-0.3, -0.25) is 4.79 Å². The number of aliphatic hydroxyl groups excluding tert-OH is 1. The molecule has 3 aromatic carbocycles. The van der Waals surface area contributed by atoms with Crippen molar-refractivity contribution in [2.45, 2.75) is 50.0 Å². The number of sulfone groups is 1. The summed E-state index contributed by atoms with van der Waals surface area (Å²) in [5.74, 6) is -2.18. The van der Waals surface area contributed by atoms with E-state index in [1.165, 1.54) is 17.7 Å². The van der Waals surface area contributed by atoms with E-state index in [1.54, 1.807) is 18.2 Å². The van der Waals surface area contributed by atoms with Crippen LogP contribution in [0.4, 0.5) is 8.78 Å². The van der Waals surface area contributed by atoms with Crippen molar-refractivity contribution in [3.05, 3.63) is 106 Å². The molecule has 1 heterocycles. The highest BCUT2D eigenvalue weighted by Crippen LogP contribution is 2.26. The van der Waals surface area contributed by atoms with Crippen molar-refractivity contribution >= 4 is 28.2 Å². The van der Waals surface area contributed by atoms with Gasteiger partial charge in [0, 0.05) is 24.7 Å². The van der Waals surface area contributed by atoms with Crippen molar-refractivity contribution in [1.29, 1.82) is 0 Å². The van der Waals surface area contributed by atoms with Crippen LogP contribution in [-0.4, -0.2) is 38.1 Å². The molecule has 6 nitrogen and oxygen atoms in total. The average molecular weight is 565 g/mol. The first-order chi connectivity index (χ1) is 17.6. The number of amides is 1. The number of carbonyl (C=O) groups excluding carboxylic acids is 1. The Morgan fingerprint density at radius 3 is 2.34 bits per heavy atom. The number of aryl methyl sites for hydroxylation is 1. The van der Waals surface area contributed by atoms with Gasteiger partial charge in [0.2, 0.25) is 0 Å². The van der Waals surface area contributed by atoms with E-state index >= 15 is 0 Å². The van der Waals surface area contributed by atoms with Gasteiger partial charge in [0.1, 0.15) is 11.6 Å². The number of fused-ring (bicyclic) bond motifs is 1. The van der Waals surface area contributed by atoms with Gasteiger partial charge >= 0.3 is 0 Å². The highest BCUT2D eigenvalue weighted by Gasteiger charge is 2.27. The van der Waals surface area contributed by atoms with Crippen LogP contribution in [0.15, 0.2) is 60.7 Å². The normalized spacial score (nSPS) is 15.3. The van der Waals surface area contributed by atoms with Gasteiger partial charge in [0.05, 0.1) is 23.7 Å². The molecule has 0 bridgehead atoms. The van der Waals surface area contributed by atoms with Gasteiger partial charge in [0.25, 0.3) is 5.91 Å². The monoisotopic (exact) mass is 564 g/mol. The summed E-state index contributed by atoms with van der Waals surface area (Å²) in [6.45, 7) is 2.69. The summed E-state index contributed by atoms with van der Waals surface area (Å²) in [6, 6.07) is 15.0. The van der Waals surface area contributed by atoms with E-state index in [2.05, 4.69) is 23.6 Å². The van der Waals surface area contributed by atoms with Gasteiger partial charge in [-0.25, -0.2) is 17.2 Å². The van der Waals surface area contributed by atoms with Crippen molar-refractivity contribution in [2.75, 3.05) is 6.54 Å². The number of rotatable bonds is 10. The molecule has 0 fully saturated rings. The van der Waals surface area contributed by atoms with Crippen LogP contribution in [0, 0.1) is 11.6 Å². The topological polar surface area (TPSA) is 95.5 Å². The second-order valence-corrected chi connectivity index (χ2v) is 11.5. The number of hydrogen-bond donors (Lipinski definition) is 3. The summed E-state index contributed by atoms with van der Waals surface area (Å²) in [5, 5.41) is 16.9. The maximum Gasteiger partial charge on any atom is 0.251 e. The summed E-state index contributed by atoms with van der Waals surface area (Å²) in [4.78, 5) is 13.1. The molecular weight excluding hydrogens is 534 g/mol. The number of nitrogens with one attached hydrogen (secondary N) is 2. The zero-order valence-corrected chi connectivity index (χ0v) is 22.5. The fourth-order valence-electron chi connectivity index (χ4n) is 4.55. The number of benzene rings is 3. The minimum atomic E-state index is -3.22. The molecule has 10 heteroatoms. The van der Waals surface area contributed by atoms with E-state index < -0.39 is 39.5 Å². The van der Waals surface area contributed by atoms with Crippen LogP contribution in [-0.2, 0) is 40.7 Å². The molecule has 1 aliphatic heterocycles. The molecule has 3 N–H and O–H groups in total. The first kappa shape index (κ1) is 29.7. The Balaban J connectivity index is 0.00000400. The van der Waals surface area contributed by atoms with Crippen LogP contribution in [0.2, 0.25) is 0 Å². The van der Waals surface area contributed by atoms with Gasteiger partial charge in [0.15, 0.2) is 9.84 Å². The lowest BCUT2D eigenvalue weighted by Crippen LogP contribution is -2.48. The van der Waals surface area contributed by atoms with Crippen molar-refractivity contribution in [2.24, 2.45) is 0 Å². The summed E-state index contributed by atoms with van der Waals surface area (Å²) in [6.07, 6.45) is -0.170. The van der Waals surface area contributed by atoms with Crippen molar-refractivity contribution in [3.63, 3.8) is 0 Å². The molecule has 0 unspecified atom stereocenters. The molecular formula is C28H31ClF2N2O4S. The van der Waals surface area contributed by atoms with Crippen molar-refractivity contribution in [1.82, 2.24) is 10.6 Å². The van der Waals surface area contributed by atoms with Gasteiger partial charge in [-0.2, -0.15) is 0 Å². The van der Waals surface area contributed by atoms with Crippen LogP contribution in [0.25, 0.3) is 0 Å². The van der Waals surface area contributed by atoms with Gasteiger partial charge in [-0.15, -0.1) is 12.4 Å². The molecule has 0 aliphatic carbocycles. The van der Waals surface area contributed by atoms with Crippen LogP contribution >= 0.6 is 12.4 Å². The van der Waals surface area contributed by atoms with Crippen molar-refractivity contribution in [3.8, 4) is 0 Å². The van der Waals surface area contributed by atoms with E-state index in [-0.39, 0.29) is 48.0 Å². The highest BCUT2D eigenvalue weighted by atomic mass is 35.5. The third-order valence-electron chi connectivity index (χ3n) is 6.46. The summed E-state index contributed by atoms with van der Waals surface area (Å²) >= 11 is 0. The van der Waals surface area contributed by atoms with E-state index in [4.69, 9.17) is 0 Å². The smallest absolute Gasteiger partial charge is 0.251 e. The number of halogens is 3. The van der Waals surface area contributed by atoms with E-state index in [0.29, 0.717) is 17.7 Å². The van der Waals surface area contributed by atoms with E-state index in [1.807, 2.05) is 18.2 Å². The van der Waals surface area contributed by atoms with E-state index in [0.717, 1.165) is 18.1 Å². The third-order valence-corrected chi connectivity index (χ3v) is 7.96. The Morgan fingerprint density at radius 1 is 0.947 bits per heavy atom. The highest BCUT2D eigenvalue weighted by molar-refractivity contribution is 7.90. The number of carbonyl (C=O) groups is 1. The molecule has 1 aliphatic rings. The zero-order chi connectivity index (χ0) is 26.6. The number of hydrogen-bond acceptors (Lipinski definition) is 5. The molecule has 0 aromatic heterocycles. The largest absolute Gasteiger partial charge is 0.390 e. The Labute approximate surface area is 227 Å². The minimum Gasteiger partial charge on any atom is -0.390 e. The minimum absolute atomic E-state index is 0. The molecule has 1 amide bonds. The van der Waals surface area contributed by atoms with E-state index in [9.17, 15) is 27.1 Å². The maximum atomic E-state index is 13.8. The summed E-state index contributed by atoms with van der Waals surface area (Å²) in [7, 11) is -3.22. The van der Waals surface area contributed by atoms with Crippen LogP contribution in [0.5, 0.6) is 0 Å². The number of aliphatic hydroxyl groups is 1. The molecule has 0 saturated carbocycles. The maximum absolute atomic E-state index is 13.8. The molecule has 38 heavy (non-hydrogen) atoms. The zero-order valence-electron chi connectivity index (χ0n) is 20.9. The van der Waals surface area contributed by atoms with Gasteiger partial charge < -0.3 is 15.7 Å². The summed E-state index contributed by atoms with van der Waals surface area (Å²) in [5.41, 5.74) is 4.03. The van der Waals surface area contributed by atoms with Gasteiger partial charge in [-0.05, 0) is 64.9 Å². The predicted molar refractivity (Wildman–Crippen MR) is 145 cm³/mol. The van der Waals surface area contributed by atoms with Crippen molar-refractivity contribution < 1.29 is 27.1 Å². The third kappa shape index (κ3) is 7.83. The first-order valence-electron chi connectivity index (χ1n) is 12.2. The second-order valence-electron chi connectivity index (χ2n) is 9.45. The molecule has 3 aromatic rings. The Hall–Kier alpha value is -2.85. The Bertz CT molecular complexity index is 1380. The fraction of sp³-hybridized carbons (Fsp3) is 0.321. The molecule has 2 atom stereocenters. The van der Waals surface area contributed by atoms with Crippen LogP contribution < -0.4 is 10.6 Å². The quantitative estimate of drug-likeness (QED) is 0.347. The molecule has 204 valence electrons. The van der Waals surface area contributed by atoms with Crippen LogP contribution in [0.3, 0.4) is 0 Å². The second kappa shape index (κ2) is 12.8. The van der Waals surface area contributed by atoms with Gasteiger partial charge in [-0.1, -0.05) is 37.3 Å². The fourth-order valence-corrected chi connectivity index (χ4v) is 6.15. The first-order valence-corrected chi connectivity index (χ1v) is 14.0. The lowest BCUT2D eigenvalue weighted by atomic mass is 9.99. The van der Waals surface area contributed by atoms with Crippen LogP contribution in [0.1, 0.15) is 45.1 Å². The lowest BCUT2D eigenvalue weighted by Gasteiger charge is -2.25. The SMILES string of the molecule is CCc1cccc(CNC[C@@H](O)[C@H](Cc2cc(F)cc(F)c2)NC(=O)c2ccc3c(c2)CS(=O)(=O)C3)c1.Cl. The molecule has 0 spiro atoms.